The molecule has 7 heteroatoms. The zero-order chi connectivity index (χ0) is 21.8. The molecule has 31 heavy (non-hydrogen) atoms. The predicted octanol–water partition coefficient (Wildman–Crippen LogP) is 4.18. The van der Waals surface area contributed by atoms with Gasteiger partial charge in [0, 0.05) is 19.2 Å². The first-order valence-electron chi connectivity index (χ1n) is 9.78. The van der Waals surface area contributed by atoms with E-state index in [9.17, 15) is 13.2 Å². The molecule has 0 saturated heterocycles. The van der Waals surface area contributed by atoms with E-state index in [-0.39, 0.29) is 17.3 Å². The monoisotopic (exact) mass is 434 g/mol. The Hall–Kier alpha value is -3.42. The second-order valence-electron chi connectivity index (χ2n) is 7.27. The van der Waals surface area contributed by atoms with Crippen LogP contribution in [0.4, 0.5) is 0 Å². The third kappa shape index (κ3) is 4.84. The van der Waals surface area contributed by atoms with Gasteiger partial charge in [0.2, 0.25) is 10.0 Å². The van der Waals surface area contributed by atoms with Crippen LogP contribution < -0.4 is 4.72 Å². The fourth-order valence-corrected chi connectivity index (χ4v) is 4.40. The molecular formula is C24H22N2O4S. The van der Waals surface area contributed by atoms with Gasteiger partial charge in [0.1, 0.15) is 5.76 Å². The third-order valence-corrected chi connectivity index (χ3v) is 6.39. The Morgan fingerprint density at radius 3 is 2.52 bits per heavy atom. The van der Waals surface area contributed by atoms with E-state index in [0.29, 0.717) is 17.9 Å². The third-order valence-electron chi connectivity index (χ3n) is 4.99. The summed E-state index contributed by atoms with van der Waals surface area (Å²) in [5.41, 5.74) is 1.31. The van der Waals surface area contributed by atoms with E-state index in [1.807, 2.05) is 36.4 Å². The Balaban J connectivity index is 1.48. The standard InChI is InChI=1S/C24H22N2O4S/c1-26(17-18-11-12-19-6-2-3-7-20(19)14-18)24(27)21-8-4-10-23(15-21)31(28,29)25-16-22-9-5-13-30-22/h2-15,25H,16-17H2,1H3. The molecule has 0 unspecified atom stereocenters. The van der Waals surface area contributed by atoms with Crippen LogP contribution in [0.15, 0.2) is 94.4 Å². The Morgan fingerprint density at radius 2 is 1.74 bits per heavy atom. The van der Waals surface area contributed by atoms with E-state index < -0.39 is 10.0 Å². The molecule has 1 aromatic heterocycles. The van der Waals surface area contributed by atoms with Crippen LogP contribution in [-0.4, -0.2) is 26.3 Å². The van der Waals surface area contributed by atoms with Crippen molar-refractivity contribution in [3.8, 4) is 0 Å². The first-order valence-corrected chi connectivity index (χ1v) is 11.3. The number of amides is 1. The minimum Gasteiger partial charge on any atom is -0.468 e. The van der Waals surface area contributed by atoms with Gasteiger partial charge >= 0.3 is 0 Å². The highest BCUT2D eigenvalue weighted by molar-refractivity contribution is 7.89. The maximum Gasteiger partial charge on any atom is 0.253 e. The van der Waals surface area contributed by atoms with Crippen LogP contribution in [0.1, 0.15) is 21.7 Å². The number of benzene rings is 3. The molecule has 6 nitrogen and oxygen atoms in total. The lowest BCUT2D eigenvalue weighted by atomic mass is 10.1. The molecule has 4 rings (SSSR count). The van der Waals surface area contributed by atoms with Crippen molar-refractivity contribution >= 4 is 26.7 Å². The number of fused-ring (bicyclic) bond motifs is 1. The van der Waals surface area contributed by atoms with Gasteiger partial charge < -0.3 is 9.32 Å². The smallest absolute Gasteiger partial charge is 0.253 e. The zero-order valence-electron chi connectivity index (χ0n) is 17.0. The van der Waals surface area contributed by atoms with E-state index in [2.05, 4.69) is 10.8 Å². The van der Waals surface area contributed by atoms with Crippen molar-refractivity contribution in [2.45, 2.75) is 18.0 Å². The highest BCUT2D eigenvalue weighted by Gasteiger charge is 2.18. The molecule has 4 aromatic rings. The summed E-state index contributed by atoms with van der Waals surface area (Å²) in [5.74, 6) is 0.252. The van der Waals surface area contributed by atoms with E-state index in [4.69, 9.17) is 4.42 Å². The lowest BCUT2D eigenvalue weighted by Crippen LogP contribution is -2.27. The van der Waals surface area contributed by atoms with Crippen molar-refractivity contribution in [1.29, 1.82) is 0 Å². The van der Waals surface area contributed by atoms with Gasteiger partial charge in [0.25, 0.3) is 5.91 Å². The van der Waals surface area contributed by atoms with Crippen LogP contribution in [0.5, 0.6) is 0 Å². The Kier molecular flexibility index (Phi) is 5.88. The normalized spacial score (nSPS) is 11.5. The van der Waals surface area contributed by atoms with Gasteiger partial charge in [-0.2, -0.15) is 0 Å². The fourth-order valence-electron chi connectivity index (χ4n) is 3.36. The number of nitrogens with zero attached hydrogens (tertiary/aromatic N) is 1. The van der Waals surface area contributed by atoms with Gasteiger partial charge in [0.15, 0.2) is 0 Å². The number of nitrogens with one attached hydrogen (secondary N) is 1. The van der Waals surface area contributed by atoms with Crippen molar-refractivity contribution in [2.24, 2.45) is 0 Å². The molecule has 1 N–H and O–H groups in total. The van der Waals surface area contributed by atoms with E-state index >= 15 is 0 Å². The summed E-state index contributed by atoms with van der Waals surface area (Å²) in [6.45, 7) is 0.451. The molecule has 0 bridgehead atoms. The number of furan rings is 1. The van der Waals surface area contributed by atoms with Crippen molar-refractivity contribution in [1.82, 2.24) is 9.62 Å². The van der Waals surface area contributed by atoms with Crippen LogP contribution >= 0.6 is 0 Å². The summed E-state index contributed by atoms with van der Waals surface area (Å²) in [6.07, 6.45) is 1.48. The molecule has 0 atom stereocenters. The lowest BCUT2D eigenvalue weighted by Gasteiger charge is -2.18. The molecule has 0 fully saturated rings. The molecule has 1 amide bonds. The molecule has 1 heterocycles. The summed E-state index contributed by atoms with van der Waals surface area (Å²) < 4.78 is 32.9. The second-order valence-corrected chi connectivity index (χ2v) is 9.04. The van der Waals surface area contributed by atoms with Gasteiger partial charge in [-0.05, 0) is 52.7 Å². The van der Waals surface area contributed by atoms with Gasteiger partial charge in [-0.15, -0.1) is 0 Å². The van der Waals surface area contributed by atoms with Crippen LogP contribution in [0.3, 0.4) is 0 Å². The molecule has 0 aliphatic carbocycles. The molecule has 158 valence electrons. The number of hydrogen-bond donors (Lipinski definition) is 1. The number of hydrogen-bond acceptors (Lipinski definition) is 4. The summed E-state index contributed by atoms with van der Waals surface area (Å²) in [5, 5.41) is 2.25. The van der Waals surface area contributed by atoms with Crippen LogP contribution in [0.25, 0.3) is 10.8 Å². The maximum atomic E-state index is 12.9. The Bertz CT molecular complexity index is 1310. The van der Waals surface area contributed by atoms with Gasteiger partial charge in [-0.3, -0.25) is 4.79 Å². The average Bonchev–Trinajstić information content (AvgIpc) is 3.31. The quantitative estimate of drug-likeness (QED) is 0.473. The van der Waals surface area contributed by atoms with Crippen LogP contribution in [0.2, 0.25) is 0 Å². The minimum atomic E-state index is -3.78. The molecule has 0 aliphatic heterocycles. The van der Waals surface area contributed by atoms with E-state index in [1.165, 1.54) is 18.4 Å². The molecular weight excluding hydrogens is 412 g/mol. The maximum absolute atomic E-state index is 12.9. The lowest BCUT2D eigenvalue weighted by molar-refractivity contribution is 0.0785. The first kappa shape index (κ1) is 20.8. The zero-order valence-corrected chi connectivity index (χ0v) is 17.8. The van der Waals surface area contributed by atoms with Gasteiger partial charge in [-0.25, -0.2) is 13.1 Å². The van der Waals surface area contributed by atoms with Crippen molar-refractivity contribution < 1.29 is 17.6 Å². The van der Waals surface area contributed by atoms with E-state index in [1.54, 1.807) is 36.2 Å². The highest BCUT2D eigenvalue weighted by Crippen LogP contribution is 2.18. The SMILES string of the molecule is CN(Cc1ccc2ccccc2c1)C(=O)c1cccc(S(=O)(=O)NCc2ccco2)c1. The molecule has 0 saturated carbocycles. The van der Waals surface area contributed by atoms with Crippen LogP contribution in [0, 0.1) is 0 Å². The Morgan fingerprint density at radius 1 is 0.935 bits per heavy atom. The van der Waals surface area contributed by atoms with Crippen molar-refractivity contribution in [3.63, 3.8) is 0 Å². The second kappa shape index (κ2) is 8.75. The minimum absolute atomic E-state index is 0.0315. The molecule has 0 aliphatic rings. The fraction of sp³-hybridized carbons (Fsp3) is 0.125. The van der Waals surface area contributed by atoms with Crippen LogP contribution in [-0.2, 0) is 23.1 Å². The number of carbonyl (C=O) groups excluding carboxylic acids is 1. The van der Waals surface area contributed by atoms with Crippen molar-refractivity contribution in [3.05, 3.63) is 102 Å². The van der Waals surface area contributed by atoms with Gasteiger partial charge in [0.05, 0.1) is 17.7 Å². The number of carbonyl (C=O) groups is 1. The largest absolute Gasteiger partial charge is 0.468 e. The predicted molar refractivity (Wildman–Crippen MR) is 119 cm³/mol. The van der Waals surface area contributed by atoms with Gasteiger partial charge in [-0.1, -0.05) is 42.5 Å². The summed E-state index contributed by atoms with van der Waals surface area (Å²) in [4.78, 5) is 14.5. The highest BCUT2D eigenvalue weighted by atomic mass is 32.2. The Labute approximate surface area is 181 Å². The molecule has 0 spiro atoms. The van der Waals surface area contributed by atoms with Crippen molar-refractivity contribution in [2.75, 3.05) is 7.05 Å². The summed E-state index contributed by atoms with van der Waals surface area (Å²) in [7, 11) is -2.08. The molecule has 3 aromatic carbocycles. The van der Waals surface area contributed by atoms with E-state index in [0.717, 1.165) is 16.3 Å². The average molecular weight is 435 g/mol. The molecule has 0 radical (unpaired) electrons. The first-order chi connectivity index (χ1) is 14.9. The summed E-state index contributed by atoms with van der Waals surface area (Å²) >= 11 is 0. The summed E-state index contributed by atoms with van der Waals surface area (Å²) in [6, 6.07) is 23.5. The topological polar surface area (TPSA) is 79.6 Å². The number of rotatable bonds is 7. The number of sulfonamides is 1.